The summed E-state index contributed by atoms with van der Waals surface area (Å²) in [5.41, 5.74) is 0.620. The smallest absolute Gasteiger partial charge is 0.315 e. The van der Waals surface area contributed by atoms with Gasteiger partial charge in [-0.1, -0.05) is 0 Å². The molecule has 14 heavy (non-hydrogen) atoms. The molecular formula is C9H13FN2O2. The van der Waals surface area contributed by atoms with Gasteiger partial charge in [-0.05, 0) is 20.8 Å². The van der Waals surface area contributed by atoms with Crippen molar-refractivity contribution in [2.45, 2.75) is 20.8 Å². The Balaban J connectivity index is 3.04. The van der Waals surface area contributed by atoms with Crippen LogP contribution in [0.5, 0.6) is 11.8 Å². The molecule has 0 fully saturated rings. The van der Waals surface area contributed by atoms with Gasteiger partial charge in [0.05, 0.1) is 18.8 Å². The van der Waals surface area contributed by atoms with Crippen molar-refractivity contribution in [2.75, 3.05) is 13.2 Å². The highest BCUT2D eigenvalue weighted by molar-refractivity contribution is 5.32. The van der Waals surface area contributed by atoms with Crippen LogP contribution in [0.3, 0.4) is 0 Å². The minimum Gasteiger partial charge on any atom is -0.478 e. The molecule has 0 atom stereocenters. The Morgan fingerprint density at radius 1 is 1.07 bits per heavy atom. The second-order valence-electron chi connectivity index (χ2n) is 2.59. The number of aromatic nitrogens is 2. The van der Waals surface area contributed by atoms with Gasteiger partial charge in [-0.2, -0.15) is 14.4 Å². The molecule has 1 heterocycles. The van der Waals surface area contributed by atoms with E-state index < -0.39 is 6.08 Å². The monoisotopic (exact) mass is 200 g/mol. The number of hydrogen-bond acceptors (Lipinski definition) is 4. The maximum absolute atomic E-state index is 12.9. The van der Waals surface area contributed by atoms with E-state index in [9.17, 15) is 4.39 Å². The largest absolute Gasteiger partial charge is 0.478 e. The van der Waals surface area contributed by atoms with Crippen LogP contribution in [0.2, 0.25) is 0 Å². The average Bonchev–Trinajstić information content (AvgIpc) is 2.14. The lowest BCUT2D eigenvalue weighted by molar-refractivity contribution is 0.288. The first-order chi connectivity index (χ1) is 6.69. The maximum atomic E-state index is 12.9. The fraction of sp³-hybridized carbons (Fsp3) is 0.556. The van der Waals surface area contributed by atoms with Gasteiger partial charge in [0, 0.05) is 0 Å². The Labute approximate surface area is 82.1 Å². The Morgan fingerprint density at radius 3 is 1.86 bits per heavy atom. The Morgan fingerprint density at radius 2 is 1.50 bits per heavy atom. The SMILES string of the molecule is CCOc1nc(F)nc(OCC)c1C. The molecule has 4 nitrogen and oxygen atoms in total. The molecule has 0 radical (unpaired) electrons. The van der Waals surface area contributed by atoms with Crippen LogP contribution in [0.4, 0.5) is 4.39 Å². The first-order valence-corrected chi connectivity index (χ1v) is 4.48. The van der Waals surface area contributed by atoms with Crippen molar-refractivity contribution in [3.05, 3.63) is 11.6 Å². The van der Waals surface area contributed by atoms with Gasteiger partial charge < -0.3 is 9.47 Å². The number of halogens is 1. The van der Waals surface area contributed by atoms with Crippen LogP contribution in [-0.2, 0) is 0 Å². The number of hydrogen-bond donors (Lipinski definition) is 0. The normalized spacial score (nSPS) is 10.0. The molecule has 1 aromatic heterocycles. The molecule has 0 aliphatic heterocycles. The van der Waals surface area contributed by atoms with Crippen LogP contribution in [0.25, 0.3) is 0 Å². The van der Waals surface area contributed by atoms with Crippen molar-refractivity contribution in [2.24, 2.45) is 0 Å². The van der Waals surface area contributed by atoms with Crippen LogP contribution < -0.4 is 9.47 Å². The summed E-state index contributed by atoms with van der Waals surface area (Å²) in [4.78, 5) is 7.05. The average molecular weight is 200 g/mol. The highest BCUT2D eigenvalue weighted by atomic mass is 19.1. The zero-order valence-corrected chi connectivity index (χ0v) is 8.50. The summed E-state index contributed by atoms with van der Waals surface area (Å²) < 4.78 is 23.1. The summed E-state index contributed by atoms with van der Waals surface area (Å²) in [5, 5.41) is 0. The van der Waals surface area contributed by atoms with Crippen molar-refractivity contribution in [3.8, 4) is 11.8 Å². The van der Waals surface area contributed by atoms with Crippen LogP contribution in [0.15, 0.2) is 0 Å². The second-order valence-corrected chi connectivity index (χ2v) is 2.59. The molecule has 1 rings (SSSR count). The molecule has 0 aromatic carbocycles. The first kappa shape index (κ1) is 10.7. The van der Waals surface area contributed by atoms with Gasteiger partial charge in [-0.25, -0.2) is 0 Å². The Hall–Kier alpha value is -1.39. The molecule has 0 unspecified atom stereocenters. The van der Waals surface area contributed by atoms with E-state index in [1.165, 1.54) is 0 Å². The third-order valence-electron chi connectivity index (χ3n) is 1.59. The standard InChI is InChI=1S/C9H13FN2O2/c1-4-13-7-6(3)8(14-5-2)12-9(10)11-7/h4-5H2,1-3H3. The van der Waals surface area contributed by atoms with Crippen molar-refractivity contribution in [1.82, 2.24) is 9.97 Å². The molecular weight excluding hydrogens is 187 g/mol. The lowest BCUT2D eigenvalue weighted by atomic mass is 10.3. The van der Waals surface area contributed by atoms with Gasteiger partial charge >= 0.3 is 6.08 Å². The number of nitrogens with zero attached hydrogens (tertiary/aromatic N) is 2. The number of rotatable bonds is 4. The molecule has 0 saturated heterocycles. The minimum absolute atomic E-state index is 0.239. The highest BCUT2D eigenvalue weighted by Gasteiger charge is 2.12. The maximum Gasteiger partial charge on any atom is 0.315 e. The topological polar surface area (TPSA) is 44.2 Å². The summed E-state index contributed by atoms with van der Waals surface area (Å²) in [7, 11) is 0. The fourth-order valence-corrected chi connectivity index (χ4v) is 1.01. The first-order valence-electron chi connectivity index (χ1n) is 4.48. The minimum atomic E-state index is -0.831. The van der Waals surface area contributed by atoms with Crippen molar-refractivity contribution >= 4 is 0 Å². The molecule has 5 heteroatoms. The molecule has 1 aromatic rings. The molecule has 0 N–H and O–H groups in total. The van der Waals surface area contributed by atoms with Crippen molar-refractivity contribution in [1.29, 1.82) is 0 Å². The molecule has 0 bridgehead atoms. The van der Waals surface area contributed by atoms with Crippen LogP contribution in [-0.4, -0.2) is 23.2 Å². The summed E-state index contributed by atoms with van der Waals surface area (Å²) in [5.74, 6) is 0.479. The molecule has 0 spiro atoms. The van der Waals surface area contributed by atoms with E-state index in [4.69, 9.17) is 9.47 Å². The predicted molar refractivity (Wildman–Crippen MR) is 49.1 cm³/mol. The van der Waals surface area contributed by atoms with E-state index in [1.807, 2.05) is 0 Å². The predicted octanol–water partition coefficient (Wildman–Crippen LogP) is 1.72. The van der Waals surface area contributed by atoms with E-state index in [0.717, 1.165) is 0 Å². The Kier molecular flexibility index (Phi) is 3.62. The summed E-state index contributed by atoms with van der Waals surface area (Å²) >= 11 is 0. The molecule has 0 amide bonds. The van der Waals surface area contributed by atoms with E-state index >= 15 is 0 Å². The number of ether oxygens (including phenoxy) is 2. The fourth-order valence-electron chi connectivity index (χ4n) is 1.01. The lowest BCUT2D eigenvalue weighted by Gasteiger charge is -2.09. The summed E-state index contributed by atoms with van der Waals surface area (Å²) in [6.07, 6.45) is -0.831. The zero-order valence-electron chi connectivity index (χ0n) is 8.50. The molecule has 0 saturated carbocycles. The van der Waals surface area contributed by atoms with Crippen LogP contribution in [0, 0.1) is 13.0 Å². The quantitative estimate of drug-likeness (QED) is 0.694. The molecule has 0 aliphatic carbocycles. The second kappa shape index (κ2) is 4.74. The van der Waals surface area contributed by atoms with Gasteiger partial charge in [0.1, 0.15) is 0 Å². The lowest BCUT2D eigenvalue weighted by Crippen LogP contribution is -2.05. The highest BCUT2D eigenvalue weighted by Crippen LogP contribution is 2.23. The third-order valence-corrected chi connectivity index (χ3v) is 1.59. The summed E-state index contributed by atoms with van der Waals surface area (Å²) in [6.45, 7) is 6.21. The van der Waals surface area contributed by atoms with E-state index in [-0.39, 0.29) is 11.8 Å². The van der Waals surface area contributed by atoms with Gasteiger partial charge in [-0.15, -0.1) is 0 Å². The van der Waals surface area contributed by atoms with Crippen molar-refractivity contribution < 1.29 is 13.9 Å². The Bertz CT molecular complexity index is 291. The van der Waals surface area contributed by atoms with E-state index in [1.54, 1.807) is 20.8 Å². The van der Waals surface area contributed by atoms with Gasteiger partial charge in [0.2, 0.25) is 11.8 Å². The molecule has 78 valence electrons. The molecule has 0 aliphatic rings. The van der Waals surface area contributed by atoms with E-state index in [0.29, 0.717) is 18.8 Å². The summed E-state index contributed by atoms with van der Waals surface area (Å²) in [6, 6.07) is 0. The van der Waals surface area contributed by atoms with Crippen LogP contribution in [0.1, 0.15) is 19.4 Å². The van der Waals surface area contributed by atoms with Crippen LogP contribution >= 0.6 is 0 Å². The van der Waals surface area contributed by atoms with Gasteiger partial charge in [0.25, 0.3) is 0 Å². The van der Waals surface area contributed by atoms with Crippen molar-refractivity contribution in [3.63, 3.8) is 0 Å². The van der Waals surface area contributed by atoms with Gasteiger partial charge in [0.15, 0.2) is 0 Å². The van der Waals surface area contributed by atoms with Gasteiger partial charge in [-0.3, -0.25) is 0 Å². The zero-order chi connectivity index (χ0) is 10.6. The third kappa shape index (κ3) is 2.31. The van der Waals surface area contributed by atoms with E-state index in [2.05, 4.69) is 9.97 Å².